The van der Waals surface area contributed by atoms with Crippen LogP contribution in [0.1, 0.15) is 29.5 Å². The zero-order valence-corrected chi connectivity index (χ0v) is 18.6. The largest absolute Gasteiger partial charge is 0.454 e. The standard InChI is InChI=1S/C26H34N2O3/c1-29-13-12-27(18-23-9-4-10-25-26(23)31-19-30-25)16-20-6-5-11-28(17-20)24-14-21-7-2-3-8-22(21)15-24/h2-4,7-10,20,24H,5-6,11-19H2,1H3. The fourth-order valence-electron chi connectivity index (χ4n) is 5.55. The third-order valence-corrected chi connectivity index (χ3v) is 7.10. The van der Waals surface area contributed by atoms with Gasteiger partial charge in [-0.3, -0.25) is 9.80 Å². The maximum Gasteiger partial charge on any atom is 0.231 e. The summed E-state index contributed by atoms with van der Waals surface area (Å²) in [5.74, 6) is 2.48. The Morgan fingerprint density at radius 1 is 1.06 bits per heavy atom. The van der Waals surface area contributed by atoms with E-state index in [0.29, 0.717) is 18.8 Å². The molecule has 1 fully saturated rings. The maximum atomic E-state index is 5.75. The van der Waals surface area contributed by atoms with Crippen molar-refractivity contribution < 1.29 is 14.2 Å². The van der Waals surface area contributed by atoms with Gasteiger partial charge in [-0.2, -0.15) is 0 Å². The molecule has 0 bridgehead atoms. The van der Waals surface area contributed by atoms with Crippen molar-refractivity contribution in [2.24, 2.45) is 5.92 Å². The Labute approximate surface area is 185 Å². The van der Waals surface area contributed by atoms with E-state index in [1.54, 1.807) is 18.2 Å². The summed E-state index contributed by atoms with van der Waals surface area (Å²) in [5, 5.41) is 0. The predicted octanol–water partition coefficient (Wildman–Crippen LogP) is 3.74. The van der Waals surface area contributed by atoms with E-state index in [0.717, 1.165) is 37.7 Å². The molecule has 5 rings (SSSR count). The van der Waals surface area contributed by atoms with E-state index in [2.05, 4.69) is 46.2 Å². The van der Waals surface area contributed by atoms with E-state index in [1.165, 1.54) is 44.3 Å². The SMILES string of the molecule is COCCN(Cc1cccc2c1OCO2)CC1CCCN(C2Cc3ccccc3C2)C1. The van der Waals surface area contributed by atoms with Gasteiger partial charge >= 0.3 is 0 Å². The number of hydrogen-bond acceptors (Lipinski definition) is 5. The van der Waals surface area contributed by atoms with Gasteiger partial charge in [0.25, 0.3) is 0 Å². The summed E-state index contributed by atoms with van der Waals surface area (Å²) in [6.07, 6.45) is 5.03. The Morgan fingerprint density at radius 2 is 1.90 bits per heavy atom. The first-order chi connectivity index (χ1) is 15.3. The van der Waals surface area contributed by atoms with Gasteiger partial charge in [-0.15, -0.1) is 0 Å². The molecule has 5 heteroatoms. The second-order valence-corrected chi connectivity index (χ2v) is 9.21. The monoisotopic (exact) mass is 422 g/mol. The molecule has 0 saturated carbocycles. The molecule has 1 saturated heterocycles. The maximum absolute atomic E-state index is 5.75. The Kier molecular flexibility index (Phi) is 6.44. The van der Waals surface area contributed by atoms with E-state index in [-0.39, 0.29) is 0 Å². The highest BCUT2D eigenvalue weighted by atomic mass is 16.7. The first kappa shape index (κ1) is 20.8. The number of hydrogen-bond donors (Lipinski definition) is 0. The van der Waals surface area contributed by atoms with Crippen molar-refractivity contribution in [3.8, 4) is 11.5 Å². The summed E-state index contributed by atoms with van der Waals surface area (Å²) < 4.78 is 16.8. The Bertz CT molecular complexity index is 862. The minimum atomic E-state index is 0.325. The third kappa shape index (κ3) is 4.74. The fraction of sp³-hybridized carbons (Fsp3) is 0.538. The quantitative estimate of drug-likeness (QED) is 0.647. The van der Waals surface area contributed by atoms with Crippen molar-refractivity contribution in [3.05, 3.63) is 59.2 Å². The molecule has 31 heavy (non-hydrogen) atoms. The Hall–Kier alpha value is -2.08. The van der Waals surface area contributed by atoms with E-state index >= 15 is 0 Å². The molecule has 0 radical (unpaired) electrons. The molecule has 2 aromatic rings. The van der Waals surface area contributed by atoms with Gasteiger partial charge in [-0.05, 0) is 55.3 Å². The molecule has 2 heterocycles. The molecule has 1 unspecified atom stereocenters. The van der Waals surface area contributed by atoms with Crippen LogP contribution in [-0.4, -0.2) is 62.5 Å². The minimum absolute atomic E-state index is 0.325. The second kappa shape index (κ2) is 9.60. The molecule has 1 aliphatic carbocycles. The molecule has 0 N–H and O–H groups in total. The van der Waals surface area contributed by atoms with Crippen molar-refractivity contribution in [1.82, 2.24) is 9.80 Å². The van der Waals surface area contributed by atoms with Crippen LogP contribution in [0.25, 0.3) is 0 Å². The van der Waals surface area contributed by atoms with E-state index < -0.39 is 0 Å². The van der Waals surface area contributed by atoms with Crippen LogP contribution in [0.5, 0.6) is 11.5 Å². The molecule has 0 aromatic heterocycles. The molecule has 5 nitrogen and oxygen atoms in total. The fourth-order valence-corrected chi connectivity index (χ4v) is 5.55. The van der Waals surface area contributed by atoms with Gasteiger partial charge in [0.2, 0.25) is 6.79 Å². The van der Waals surface area contributed by atoms with Crippen LogP contribution in [0.4, 0.5) is 0 Å². The number of methoxy groups -OCH3 is 1. The Balaban J connectivity index is 1.22. The molecular formula is C26H34N2O3. The second-order valence-electron chi connectivity index (χ2n) is 9.21. The number of rotatable bonds is 8. The number of ether oxygens (including phenoxy) is 3. The zero-order valence-electron chi connectivity index (χ0n) is 18.6. The van der Waals surface area contributed by atoms with Gasteiger partial charge in [0, 0.05) is 44.9 Å². The number of para-hydroxylation sites is 1. The molecule has 0 amide bonds. The smallest absolute Gasteiger partial charge is 0.231 e. The summed E-state index contributed by atoms with van der Waals surface area (Å²) in [6, 6.07) is 15.9. The lowest BCUT2D eigenvalue weighted by Crippen LogP contribution is -2.46. The summed E-state index contributed by atoms with van der Waals surface area (Å²) in [4.78, 5) is 5.30. The highest BCUT2D eigenvalue weighted by Crippen LogP contribution is 2.36. The molecular weight excluding hydrogens is 388 g/mol. The van der Waals surface area contributed by atoms with Gasteiger partial charge in [-0.1, -0.05) is 36.4 Å². The van der Waals surface area contributed by atoms with Crippen LogP contribution < -0.4 is 9.47 Å². The number of likely N-dealkylation sites (tertiary alicyclic amines) is 1. The summed E-state index contributed by atoms with van der Waals surface area (Å²) in [6.45, 7) is 6.43. The van der Waals surface area contributed by atoms with E-state index in [9.17, 15) is 0 Å². The summed E-state index contributed by atoms with van der Waals surface area (Å²) >= 11 is 0. The van der Waals surface area contributed by atoms with Gasteiger partial charge in [0.1, 0.15) is 0 Å². The Morgan fingerprint density at radius 3 is 2.71 bits per heavy atom. The van der Waals surface area contributed by atoms with Gasteiger partial charge < -0.3 is 14.2 Å². The van der Waals surface area contributed by atoms with Gasteiger partial charge in [0.15, 0.2) is 11.5 Å². The molecule has 0 spiro atoms. The molecule has 2 aromatic carbocycles. The summed E-state index contributed by atoms with van der Waals surface area (Å²) in [7, 11) is 1.79. The van der Waals surface area contributed by atoms with Crippen LogP contribution in [-0.2, 0) is 24.1 Å². The number of benzene rings is 2. The lowest BCUT2D eigenvalue weighted by Gasteiger charge is -2.39. The summed E-state index contributed by atoms with van der Waals surface area (Å²) in [5.41, 5.74) is 4.32. The van der Waals surface area contributed by atoms with Crippen molar-refractivity contribution in [2.45, 2.75) is 38.3 Å². The first-order valence-corrected chi connectivity index (χ1v) is 11.7. The average Bonchev–Trinajstić information content (AvgIpc) is 3.45. The number of piperidine rings is 1. The van der Waals surface area contributed by atoms with Crippen molar-refractivity contribution >= 4 is 0 Å². The van der Waals surface area contributed by atoms with Crippen LogP contribution in [0.2, 0.25) is 0 Å². The first-order valence-electron chi connectivity index (χ1n) is 11.7. The van der Waals surface area contributed by atoms with E-state index in [1.807, 2.05) is 6.07 Å². The highest BCUT2D eigenvalue weighted by molar-refractivity contribution is 5.48. The van der Waals surface area contributed by atoms with Crippen LogP contribution in [0.3, 0.4) is 0 Å². The van der Waals surface area contributed by atoms with Crippen LogP contribution in [0, 0.1) is 5.92 Å². The van der Waals surface area contributed by atoms with Gasteiger partial charge in [0.05, 0.1) is 6.61 Å². The number of nitrogens with zero attached hydrogens (tertiary/aromatic N) is 2. The average molecular weight is 423 g/mol. The highest BCUT2D eigenvalue weighted by Gasteiger charge is 2.31. The molecule has 2 aliphatic heterocycles. The minimum Gasteiger partial charge on any atom is -0.454 e. The molecule has 166 valence electrons. The molecule has 3 aliphatic rings. The van der Waals surface area contributed by atoms with Crippen molar-refractivity contribution in [2.75, 3.05) is 46.7 Å². The van der Waals surface area contributed by atoms with Crippen molar-refractivity contribution in [3.63, 3.8) is 0 Å². The van der Waals surface area contributed by atoms with E-state index in [4.69, 9.17) is 14.2 Å². The third-order valence-electron chi connectivity index (χ3n) is 7.10. The van der Waals surface area contributed by atoms with Crippen LogP contribution in [0.15, 0.2) is 42.5 Å². The van der Waals surface area contributed by atoms with Gasteiger partial charge in [-0.25, -0.2) is 0 Å². The predicted molar refractivity (Wildman–Crippen MR) is 122 cm³/mol. The zero-order chi connectivity index (χ0) is 21.0. The van der Waals surface area contributed by atoms with Crippen LogP contribution >= 0.6 is 0 Å². The lowest BCUT2D eigenvalue weighted by atomic mass is 9.95. The lowest BCUT2D eigenvalue weighted by molar-refractivity contribution is 0.0839. The number of fused-ring (bicyclic) bond motifs is 2. The van der Waals surface area contributed by atoms with Crippen molar-refractivity contribution in [1.29, 1.82) is 0 Å². The molecule has 1 atom stereocenters. The normalized spacial score (nSPS) is 21.0. The topological polar surface area (TPSA) is 34.2 Å².